The lowest BCUT2D eigenvalue weighted by Crippen LogP contribution is -2.54. The number of aryl methyl sites for hydroxylation is 1. The van der Waals surface area contributed by atoms with Crippen LogP contribution in [0.15, 0.2) is 42.5 Å². The van der Waals surface area contributed by atoms with Crippen LogP contribution in [0.5, 0.6) is 5.75 Å². The summed E-state index contributed by atoms with van der Waals surface area (Å²) < 4.78 is 5.34. The molecule has 0 saturated carbocycles. The van der Waals surface area contributed by atoms with E-state index in [1.807, 2.05) is 23.1 Å². The zero-order valence-electron chi connectivity index (χ0n) is 20.7. The number of amides is 5. The van der Waals surface area contributed by atoms with Gasteiger partial charge in [0.2, 0.25) is 11.8 Å². The van der Waals surface area contributed by atoms with E-state index in [1.54, 1.807) is 31.4 Å². The first-order chi connectivity index (χ1) is 17.9. The van der Waals surface area contributed by atoms with Gasteiger partial charge in [0, 0.05) is 19.5 Å². The van der Waals surface area contributed by atoms with Gasteiger partial charge >= 0.3 is 0 Å². The highest BCUT2D eigenvalue weighted by Crippen LogP contribution is 2.32. The molecular weight excluding hydrogens is 474 g/mol. The lowest BCUT2D eigenvalue weighted by atomic mass is 9.88. The number of carbonyl (C=O) groups excluding carboxylic acids is 5. The molecule has 0 bridgehead atoms. The Labute approximate surface area is 214 Å². The van der Waals surface area contributed by atoms with E-state index >= 15 is 0 Å². The number of hydrogen-bond donors (Lipinski definition) is 1. The molecule has 2 fully saturated rings. The van der Waals surface area contributed by atoms with Crippen LogP contribution in [-0.2, 0) is 16.0 Å². The van der Waals surface area contributed by atoms with Crippen molar-refractivity contribution in [3.05, 3.63) is 64.7 Å². The Morgan fingerprint density at radius 1 is 0.973 bits per heavy atom. The summed E-state index contributed by atoms with van der Waals surface area (Å²) in [6.45, 7) is 1.30. The van der Waals surface area contributed by atoms with E-state index in [1.165, 1.54) is 0 Å². The summed E-state index contributed by atoms with van der Waals surface area (Å²) in [5, 5.41) is 2.23. The van der Waals surface area contributed by atoms with Crippen molar-refractivity contribution in [1.29, 1.82) is 0 Å². The van der Waals surface area contributed by atoms with E-state index in [9.17, 15) is 24.0 Å². The van der Waals surface area contributed by atoms with Gasteiger partial charge in [0.25, 0.3) is 17.7 Å². The number of fused-ring (bicyclic) bond motifs is 1. The van der Waals surface area contributed by atoms with Crippen LogP contribution in [0.4, 0.5) is 0 Å². The van der Waals surface area contributed by atoms with Crippen LogP contribution in [0.25, 0.3) is 0 Å². The number of para-hydroxylation sites is 1. The van der Waals surface area contributed by atoms with Gasteiger partial charge in [0.1, 0.15) is 11.8 Å². The SMILES string of the molecule is COc1ccccc1C(=O)N1CCC(CCc2cccc3c2C(=O)N(C2CCC(=O)NC2=O)C3=O)CC1. The fraction of sp³-hybridized carbons (Fsp3) is 0.393. The molecule has 9 nitrogen and oxygen atoms in total. The quantitative estimate of drug-likeness (QED) is 0.607. The number of nitrogens with zero attached hydrogens (tertiary/aromatic N) is 2. The van der Waals surface area contributed by atoms with Gasteiger partial charge in [-0.1, -0.05) is 24.3 Å². The lowest BCUT2D eigenvalue weighted by molar-refractivity contribution is -0.136. The van der Waals surface area contributed by atoms with Crippen LogP contribution in [0.2, 0.25) is 0 Å². The third-order valence-corrected chi connectivity index (χ3v) is 7.62. The molecule has 3 aliphatic heterocycles. The molecule has 2 aromatic rings. The summed E-state index contributed by atoms with van der Waals surface area (Å²) in [5.41, 5.74) is 2.02. The molecule has 0 radical (unpaired) electrons. The summed E-state index contributed by atoms with van der Waals surface area (Å²) in [5.74, 6) is -1.04. The minimum absolute atomic E-state index is 0.0329. The number of benzene rings is 2. The number of rotatable bonds is 6. The van der Waals surface area contributed by atoms with E-state index in [4.69, 9.17) is 4.74 Å². The zero-order chi connectivity index (χ0) is 26.1. The van der Waals surface area contributed by atoms with Crippen molar-refractivity contribution in [2.45, 2.75) is 44.6 Å². The number of methoxy groups -OCH3 is 1. The van der Waals surface area contributed by atoms with Crippen molar-refractivity contribution in [3.8, 4) is 5.75 Å². The van der Waals surface area contributed by atoms with Crippen LogP contribution in [0.1, 0.15) is 68.7 Å². The van der Waals surface area contributed by atoms with Gasteiger partial charge in [0.15, 0.2) is 0 Å². The maximum Gasteiger partial charge on any atom is 0.262 e. The fourth-order valence-corrected chi connectivity index (χ4v) is 5.57. The molecule has 3 heterocycles. The maximum absolute atomic E-state index is 13.3. The van der Waals surface area contributed by atoms with E-state index in [0.29, 0.717) is 47.9 Å². The van der Waals surface area contributed by atoms with Gasteiger partial charge in [-0.3, -0.25) is 34.2 Å². The summed E-state index contributed by atoms with van der Waals surface area (Å²) in [7, 11) is 1.56. The van der Waals surface area contributed by atoms with Crippen LogP contribution in [0.3, 0.4) is 0 Å². The van der Waals surface area contributed by atoms with E-state index in [-0.39, 0.29) is 18.7 Å². The predicted octanol–water partition coefficient (Wildman–Crippen LogP) is 2.58. The van der Waals surface area contributed by atoms with E-state index in [0.717, 1.165) is 29.7 Å². The molecule has 37 heavy (non-hydrogen) atoms. The standard InChI is InChI=1S/C28H29N3O6/c1-37-22-8-3-2-6-19(22)26(34)30-15-13-17(14-16-30)9-10-18-5-4-7-20-24(18)28(36)31(27(20)35)21-11-12-23(32)29-25(21)33/h2-8,17,21H,9-16H2,1H3,(H,29,32,33). The number of ether oxygens (including phenoxy) is 1. The average Bonchev–Trinajstić information content (AvgIpc) is 3.17. The van der Waals surface area contributed by atoms with E-state index < -0.39 is 29.7 Å². The van der Waals surface area contributed by atoms with Crippen molar-refractivity contribution >= 4 is 29.5 Å². The van der Waals surface area contributed by atoms with Gasteiger partial charge in [-0.25, -0.2) is 0 Å². The molecule has 2 aromatic carbocycles. The monoisotopic (exact) mass is 503 g/mol. The smallest absolute Gasteiger partial charge is 0.262 e. The predicted molar refractivity (Wildman–Crippen MR) is 133 cm³/mol. The molecule has 9 heteroatoms. The zero-order valence-corrected chi connectivity index (χ0v) is 20.7. The minimum Gasteiger partial charge on any atom is -0.496 e. The summed E-state index contributed by atoms with van der Waals surface area (Å²) >= 11 is 0. The lowest BCUT2D eigenvalue weighted by Gasteiger charge is -2.32. The molecule has 1 unspecified atom stereocenters. The largest absolute Gasteiger partial charge is 0.496 e. The molecular formula is C28H29N3O6. The third-order valence-electron chi connectivity index (χ3n) is 7.62. The summed E-state index contributed by atoms with van der Waals surface area (Å²) in [6.07, 6.45) is 3.38. The Kier molecular flexibility index (Phi) is 6.78. The van der Waals surface area contributed by atoms with Crippen LogP contribution in [0, 0.1) is 5.92 Å². The molecule has 2 saturated heterocycles. The Morgan fingerprint density at radius 3 is 2.46 bits per heavy atom. The summed E-state index contributed by atoms with van der Waals surface area (Å²) in [4.78, 5) is 66.1. The highest BCUT2D eigenvalue weighted by Gasteiger charge is 2.45. The van der Waals surface area contributed by atoms with Gasteiger partial charge in [-0.2, -0.15) is 0 Å². The van der Waals surface area contributed by atoms with E-state index in [2.05, 4.69) is 5.32 Å². The average molecular weight is 504 g/mol. The molecule has 5 amide bonds. The molecule has 192 valence electrons. The first kappa shape index (κ1) is 24.7. The Hall–Kier alpha value is -4.01. The molecule has 3 aliphatic rings. The van der Waals surface area contributed by atoms with Crippen LogP contribution >= 0.6 is 0 Å². The number of nitrogens with one attached hydrogen (secondary N) is 1. The fourth-order valence-electron chi connectivity index (χ4n) is 5.57. The molecule has 0 aromatic heterocycles. The van der Waals surface area contributed by atoms with Crippen molar-refractivity contribution in [1.82, 2.24) is 15.1 Å². The number of carbonyl (C=O) groups is 5. The number of likely N-dealkylation sites (tertiary alicyclic amines) is 1. The van der Waals surface area contributed by atoms with Crippen LogP contribution in [-0.4, -0.2) is 65.6 Å². The number of hydrogen-bond acceptors (Lipinski definition) is 6. The van der Waals surface area contributed by atoms with Gasteiger partial charge < -0.3 is 9.64 Å². The number of piperidine rings is 2. The highest BCUT2D eigenvalue weighted by molar-refractivity contribution is 6.24. The third kappa shape index (κ3) is 4.61. The first-order valence-electron chi connectivity index (χ1n) is 12.6. The highest BCUT2D eigenvalue weighted by atomic mass is 16.5. The second-order valence-corrected chi connectivity index (χ2v) is 9.76. The molecule has 5 rings (SSSR count). The molecule has 1 N–H and O–H groups in total. The van der Waals surface area contributed by atoms with Crippen molar-refractivity contribution in [2.24, 2.45) is 5.92 Å². The van der Waals surface area contributed by atoms with Crippen molar-refractivity contribution in [3.63, 3.8) is 0 Å². The second-order valence-electron chi connectivity index (χ2n) is 9.76. The van der Waals surface area contributed by atoms with Gasteiger partial charge in [-0.05, 0) is 61.8 Å². The molecule has 0 spiro atoms. The summed E-state index contributed by atoms with van der Waals surface area (Å²) in [6, 6.07) is 11.5. The second kappa shape index (κ2) is 10.2. The van der Waals surface area contributed by atoms with Crippen molar-refractivity contribution < 1.29 is 28.7 Å². The molecule has 0 aliphatic carbocycles. The molecule has 1 atom stereocenters. The first-order valence-corrected chi connectivity index (χ1v) is 12.6. The Balaban J connectivity index is 1.22. The number of imide groups is 2. The Morgan fingerprint density at radius 2 is 1.73 bits per heavy atom. The van der Waals surface area contributed by atoms with Crippen molar-refractivity contribution in [2.75, 3.05) is 20.2 Å². The normalized spacial score (nSPS) is 20.2. The Bertz CT molecular complexity index is 1280. The van der Waals surface area contributed by atoms with Gasteiger partial charge in [-0.15, -0.1) is 0 Å². The topological polar surface area (TPSA) is 113 Å². The maximum atomic E-state index is 13.3. The minimum atomic E-state index is -0.969. The van der Waals surface area contributed by atoms with Gasteiger partial charge in [0.05, 0.1) is 23.8 Å². The van der Waals surface area contributed by atoms with Crippen LogP contribution < -0.4 is 10.1 Å².